The van der Waals surface area contributed by atoms with Crippen molar-refractivity contribution in [3.63, 3.8) is 0 Å². The molecule has 0 aliphatic carbocycles. The van der Waals surface area contributed by atoms with Gasteiger partial charge in [0.25, 0.3) is 0 Å². The molecule has 0 bridgehead atoms. The first-order valence-electron chi connectivity index (χ1n) is 6.54. The maximum Gasteiger partial charge on any atom is 0.0727 e. The molecule has 1 atom stereocenters. The molecule has 0 unspecified atom stereocenters. The summed E-state index contributed by atoms with van der Waals surface area (Å²) in [4.78, 5) is 7.75. The van der Waals surface area contributed by atoms with Gasteiger partial charge in [0.2, 0.25) is 0 Å². The molecular weight excluding hydrogens is 384 g/mol. The lowest BCUT2D eigenvalue weighted by Gasteiger charge is -2.35. The average Bonchev–Trinajstić information content (AvgIpc) is 2.98. The van der Waals surface area contributed by atoms with E-state index in [4.69, 9.17) is 23.2 Å². The minimum absolute atomic E-state index is 0. The molecule has 122 valence electrons. The molecule has 1 N–H and O–H groups in total. The molecule has 2 aromatic rings. The van der Waals surface area contributed by atoms with Crippen molar-refractivity contribution in [2.24, 2.45) is 0 Å². The van der Waals surface area contributed by atoms with Gasteiger partial charge >= 0.3 is 0 Å². The number of thiophene rings is 1. The third-order valence-corrected chi connectivity index (χ3v) is 5.02. The van der Waals surface area contributed by atoms with E-state index in [0.717, 1.165) is 31.7 Å². The van der Waals surface area contributed by atoms with E-state index in [1.165, 1.54) is 4.88 Å². The lowest BCUT2D eigenvalue weighted by molar-refractivity contribution is 0.201. The zero-order chi connectivity index (χ0) is 13.9. The largest absolute Gasteiger partial charge is 0.314 e. The van der Waals surface area contributed by atoms with E-state index in [2.05, 4.69) is 32.7 Å². The molecule has 2 aromatic heterocycles. The predicted octanol–water partition coefficient (Wildman–Crippen LogP) is 4.29. The number of hydrogen-bond acceptors (Lipinski definition) is 4. The average molecular weight is 401 g/mol. The Balaban J connectivity index is 0.00000121. The highest BCUT2D eigenvalue weighted by atomic mass is 35.5. The van der Waals surface area contributed by atoms with Gasteiger partial charge in [-0.25, -0.2) is 0 Å². The van der Waals surface area contributed by atoms with Crippen LogP contribution in [-0.4, -0.2) is 36.1 Å². The topological polar surface area (TPSA) is 28.2 Å². The highest BCUT2D eigenvalue weighted by molar-refractivity contribution is 7.10. The third-order valence-electron chi connectivity index (χ3n) is 3.49. The van der Waals surface area contributed by atoms with Crippen molar-refractivity contribution in [3.05, 3.63) is 50.4 Å². The molecule has 3 nitrogen and oxygen atoms in total. The summed E-state index contributed by atoms with van der Waals surface area (Å²) in [5.74, 6) is 0. The van der Waals surface area contributed by atoms with E-state index in [-0.39, 0.29) is 30.9 Å². The Kier molecular flexibility index (Phi) is 8.43. The SMILES string of the molecule is Cl.Cl.Clc1cncc(Cl)c1[C@H](c1cccs1)N1CCNCC1. The molecule has 3 heterocycles. The maximum atomic E-state index is 6.38. The molecule has 0 spiro atoms. The van der Waals surface area contributed by atoms with Crippen molar-refractivity contribution >= 4 is 59.4 Å². The normalized spacial score (nSPS) is 16.5. The number of nitrogens with zero attached hydrogens (tertiary/aromatic N) is 2. The van der Waals surface area contributed by atoms with Gasteiger partial charge in [-0.2, -0.15) is 0 Å². The van der Waals surface area contributed by atoms with Crippen molar-refractivity contribution in [1.29, 1.82) is 0 Å². The van der Waals surface area contributed by atoms with Crippen LogP contribution in [0.5, 0.6) is 0 Å². The molecule has 0 saturated carbocycles. The van der Waals surface area contributed by atoms with Crippen LogP contribution in [-0.2, 0) is 0 Å². The second kappa shape index (κ2) is 9.28. The van der Waals surface area contributed by atoms with Gasteiger partial charge in [-0.05, 0) is 11.4 Å². The Hall–Kier alpha value is -0.0700. The summed E-state index contributed by atoms with van der Waals surface area (Å²) in [6.07, 6.45) is 3.34. The minimum atomic E-state index is 0. The van der Waals surface area contributed by atoms with Crippen LogP contribution in [0.4, 0.5) is 0 Å². The molecule has 1 aliphatic heterocycles. The standard InChI is InChI=1S/C14H15Cl2N3S.2ClH/c15-10-8-18-9-11(16)13(10)14(12-2-1-7-20-12)19-5-3-17-4-6-19;;/h1-2,7-9,14,17H,3-6H2;2*1H/t14-;;/m0../s1. The van der Waals surface area contributed by atoms with E-state index in [1.807, 2.05) is 0 Å². The van der Waals surface area contributed by atoms with Crippen LogP contribution in [0.3, 0.4) is 0 Å². The van der Waals surface area contributed by atoms with Gasteiger partial charge in [-0.3, -0.25) is 9.88 Å². The van der Waals surface area contributed by atoms with E-state index in [0.29, 0.717) is 10.0 Å². The van der Waals surface area contributed by atoms with Gasteiger partial charge in [0, 0.05) is 49.0 Å². The molecule has 0 amide bonds. The number of piperazine rings is 1. The fourth-order valence-electron chi connectivity index (χ4n) is 2.57. The summed E-state index contributed by atoms with van der Waals surface area (Å²) in [6, 6.07) is 4.32. The van der Waals surface area contributed by atoms with Crippen molar-refractivity contribution in [2.75, 3.05) is 26.2 Å². The maximum absolute atomic E-state index is 6.38. The van der Waals surface area contributed by atoms with Crippen molar-refractivity contribution < 1.29 is 0 Å². The molecule has 0 aromatic carbocycles. The summed E-state index contributed by atoms with van der Waals surface area (Å²) in [6.45, 7) is 3.94. The number of aromatic nitrogens is 1. The van der Waals surface area contributed by atoms with Crippen LogP contribution < -0.4 is 5.32 Å². The predicted molar refractivity (Wildman–Crippen MR) is 99.4 cm³/mol. The van der Waals surface area contributed by atoms with Crippen LogP contribution in [0, 0.1) is 0 Å². The third kappa shape index (κ3) is 4.26. The van der Waals surface area contributed by atoms with E-state index >= 15 is 0 Å². The number of hydrogen-bond donors (Lipinski definition) is 1. The number of nitrogens with one attached hydrogen (secondary N) is 1. The number of pyridine rings is 1. The fourth-order valence-corrected chi connectivity index (χ4v) is 4.01. The smallest absolute Gasteiger partial charge is 0.0727 e. The highest BCUT2D eigenvalue weighted by Crippen LogP contribution is 2.39. The summed E-state index contributed by atoms with van der Waals surface area (Å²) >= 11 is 14.5. The zero-order valence-electron chi connectivity index (χ0n) is 11.7. The van der Waals surface area contributed by atoms with Crippen molar-refractivity contribution in [2.45, 2.75) is 6.04 Å². The van der Waals surface area contributed by atoms with Gasteiger partial charge in [0.05, 0.1) is 16.1 Å². The Morgan fingerprint density at radius 2 is 1.77 bits per heavy atom. The molecule has 1 saturated heterocycles. The Bertz CT molecular complexity index is 553. The Morgan fingerprint density at radius 3 is 2.32 bits per heavy atom. The molecule has 1 aliphatic rings. The lowest BCUT2D eigenvalue weighted by Crippen LogP contribution is -2.45. The molecule has 3 rings (SSSR count). The molecule has 1 fully saturated rings. The van der Waals surface area contributed by atoms with Crippen molar-refractivity contribution in [1.82, 2.24) is 15.2 Å². The van der Waals surface area contributed by atoms with E-state index in [9.17, 15) is 0 Å². The Labute approximate surface area is 156 Å². The van der Waals surface area contributed by atoms with Crippen LogP contribution in [0.1, 0.15) is 16.5 Å². The van der Waals surface area contributed by atoms with Crippen molar-refractivity contribution in [3.8, 4) is 0 Å². The first-order chi connectivity index (χ1) is 9.77. The van der Waals surface area contributed by atoms with Gasteiger partial charge in [-0.1, -0.05) is 29.3 Å². The fraction of sp³-hybridized carbons (Fsp3) is 0.357. The van der Waals surface area contributed by atoms with Gasteiger partial charge in [0.1, 0.15) is 0 Å². The molecular formula is C14H17Cl4N3S. The van der Waals surface area contributed by atoms with E-state index in [1.54, 1.807) is 23.7 Å². The summed E-state index contributed by atoms with van der Waals surface area (Å²) in [7, 11) is 0. The van der Waals surface area contributed by atoms with E-state index < -0.39 is 0 Å². The van der Waals surface area contributed by atoms with Crippen LogP contribution >= 0.6 is 59.4 Å². The van der Waals surface area contributed by atoms with Crippen LogP contribution in [0.25, 0.3) is 0 Å². The minimum Gasteiger partial charge on any atom is -0.314 e. The zero-order valence-corrected chi connectivity index (χ0v) is 15.6. The number of rotatable bonds is 3. The second-order valence-electron chi connectivity index (χ2n) is 4.72. The van der Waals surface area contributed by atoms with Gasteiger partial charge in [-0.15, -0.1) is 36.2 Å². The quantitative estimate of drug-likeness (QED) is 0.832. The highest BCUT2D eigenvalue weighted by Gasteiger charge is 2.28. The van der Waals surface area contributed by atoms with Crippen LogP contribution in [0.15, 0.2) is 29.9 Å². The first-order valence-corrected chi connectivity index (χ1v) is 8.18. The first kappa shape index (κ1) is 20.0. The summed E-state index contributed by atoms with van der Waals surface area (Å²) in [5.41, 5.74) is 0.965. The summed E-state index contributed by atoms with van der Waals surface area (Å²) in [5, 5.41) is 6.74. The number of halogens is 4. The summed E-state index contributed by atoms with van der Waals surface area (Å²) < 4.78 is 0. The van der Waals surface area contributed by atoms with Gasteiger partial charge < -0.3 is 5.32 Å². The second-order valence-corrected chi connectivity index (χ2v) is 6.51. The lowest BCUT2D eigenvalue weighted by atomic mass is 10.0. The molecule has 8 heteroatoms. The molecule has 22 heavy (non-hydrogen) atoms. The van der Waals surface area contributed by atoms with Crippen LogP contribution in [0.2, 0.25) is 10.0 Å². The Morgan fingerprint density at radius 1 is 1.14 bits per heavy atom. The monoisotopic (exact) mass is 399 g/mol. The molecule has 0 radical (unpaired) electrons. The van der Waals surface area contributed by atoms with Gasteiger partial charge in [0.15, 0.2) is 0 Å².